The van der Waals surface area contributed by atoms with Crippen molar-refractivity contribution in [2.24, 2.45) is 0 Å². The molecule has 7 heteroatoms. The molecule has 1 aromatic carbocycles. The van der Waals surface area contributed by atoms with Crippen molar-refractivity contribution in [3.63, 3.8) is 0 Å². The Labute approximate surface area is 145 Å². The Kier molecular flexibility index (Phi) is 6.03. The second-order valence-corrected chi connectivity index (χ2v) is 6.96. The van der Waals surface area contributed by atoms with Crippen LogP contribution in [0.3, 0.4) is 0 Å². The van der Waals surface area contributed by atoms with E-state index >= 15 is 0 Å². The number of thioether (sulfide) groups is 1. The van der Waals surface area contributed by atoms with Crippen LogP contribution >= 0.6 is 11.8 Å². The largest absolute Gasteiger partial charge is 0.360 e. The molecule has 0 saturated heterocycles. The van der Waals surface area contributed by atoms with Crippen molar-refractivity contribution >= 4 is 35.1 Å². The van der Waals surface area contributed by atoms with Crippen LogP contribution < -0.4 is 10.6 Å². The van der Waals surface area contributed by atoms with Crippen molar-refractivity contribution in [1.82, 2.24) is 5.16 Å². The van der Waals surface area contributed by atoms with Crippen LogP contribution in [-0.2, 0) is 9.59 Å². The molecule has 0 radical (unpaired) electrons. The number of rotatable bonds is 6. The third-order valence-corrected chi connectivity index (χ3v) is 4.52. The molecule has 2 rings (SSSR count). The molecule has 24 heavy (non-hydrogen) atoms. The summed E-state index contributed by atoms with van der Waals surface area (Å²) in [5, 5.41) is 8.86. The van der Waals surface area contributed by atoms with E-state index in [0.29, 0.717) is 11.6 Å². The molecule has 128 valence electrons. The van der Waals surface area contributed by atoms with Gasteiger partial charge >= 0.3 is 0 Å². The average Bonchev–Trinajstić information content (AvgIpc) is 2.93. The first kappa shape index (κ1) is 18.1. The minimum atomic E-state index is -0.383. The number of nitrogens with one attached hydrogen (secondary N) is 2. The van der Waals surface area contributed by atoms with Gasteiger partial charge in [-0.05, 0) is 44.9 Å². The maximum Gasteiger partial charge on any atom is 0.238 e. The molecule has 0 spiro atoms. The zero-order chi connectivity index (χ0) is 17.7. The summed E-state index contributed by atoms with van der Waals surface area (Å²) in [6, 6.07) is 7.54. The van der Waals surface area contributed by atoms with Gasteiger partial charge in [0, 0.05) is 11.8 Å². The number of amides is 2. The molecule has 1 aromatic heterocycles. The molecule has 0 aliphatic carbocycles. The fourth-order valence-electron chi connectivity index (χ4n) is 1.99. The quantitative estimate of drug-likeness (QED) is 0.837. The molecular formula is C17H21N3O3S. The summed E-state index contributed by atoms with van der Waals surface area (Å²) >= 11 is 1.27. The molecule has 0 fully saturated rings. The zero-order valence-corrected chi connectivity index (χ0v) is 15.0. The van der Waals surface area contributed by atoms with Gasteiger partial charge in [-0.3, -0.25) is 9.59 Å². The van der Waals surface area contributed by atoms with Crippen molar-refractivity contribution in [2.45, 2.75) is 32.9 Å². The Morgan fingerprint density at radius 2 is 1.96 bits per heavy atom. The molecule has 1 atom stereocenters. The van der Waals surface area contributed by atoms with E-state index in [-0.39, 0.29) is 22.8 Å². The van der Waals surface area contributed by atoms with Crippen LogP contribution in [0.1, 0.15) is 23.8 Å². The summed E-state index contributed by atoms with van der Waals surface area (Å²) in [5.74, 6) is 0.849. The lowest BCUT2D eigenvalue weighted by atomic mass is 10.1. The molecule has 0 aliphatic rings. The number of benzene rings is 1. The fourth-order valence-corrected chi connectivity index (χ4v) is 2.67. The maximum atomic E-state index is 12.1. The van der Waals surface area contributed by atoms with E-state index < -0.39 is 0 Å². The summed E-state index contributed by atoms with van der Waals surface area (Å²) in [4.78, 5) is 24.1. The minimum absolute atomic E-state index is 0.134. The van der Waals surface area contributed by atoms with Gasteiger partial charge in [0.25, 0.3) is 0 Å². The van der Waals surface area contributed by atoms with Gasteiger partial charge in [-0.2, -0.15) is 0 Å². The molecular weight excluding hydrogens is 326 g/mol. The molecule has 2 amide bonds. The lowest BCUT2D eigenvalue weighted by molar-refractivity contribution is -0.115. The van der Waals surface area contributed by atoms with Crippen LogP contribution in [-0.4, -0.2) is 28.0 Å². The first-order valence-electron chi connectivity index (χ1n) is 7.58. The Hall–Kier alpha value is -2.28. The predicted molar refractivity (Wildman–Crippen MR) is 96.3 cm³/mol. The van der Waals surface area contributed by atoms with Gasteiger partial charge in [-0.25, -0.2) is 0 Å². The number of carbonyl (C=O) groups excluding carboxylic acids is 2. The van der Waals surface area contributed by atoms with E-state index in [1.54, 1.807) is 19.9 Å². The molecule has 0 aliphatic heterocycles. The van der Waals surface area contributed by atoms with E-state index in [1.807, 2.05) is 32.0 Å². The van der Waals surface area contributed by atoms with Gasteiger partial charge < -0.3 is 15.2 Å². The minimum Gasteiger partial charge on any atom is -0.360 e. The molecule has 1 heterocycles. The van der Waals surface area contributed by atoms with Gasteiger partial charge in [-0.15, -0.1) is 11.8 Å². The van der Waals surface area contributed by atoms with Crippen LogP contribution in [0.2, 0.25) is 0 Å². The van der Waals surface area contributed by atoms with Crippen molar-refractivity contribution in [2.75, 3.05) is 16.4 Å². The topological polar surface area (TPSA) is 84.2 Å². The molecule has 6 nitrogen and oxygen atoms in total. The number of anilines is 2. The highest BCUT2D eigenvalue weighted by Crippen LogP contribution is 2.18. The van der Waals surface area contributed by atoms with Crippen LogP contribution in [0.4, 0.5) is 11.5 Å². The second kappa shape index (κ2) is 8.01. The zero-order valence-electron chi connectivity index (χ0n) is 14.2. The SMILES string of the molecule is Cc1ccc(C)c(NC(=O)CS[C@H](C)C(=O)Nc2cc(C)on2)c1. The molecule has 0 bridgehead atoms. The van der Waals surface area contributed by atoms with Crippen molar-refractivity contribution < 1.29 is 14.1 Å². The number of hydrogen-bond donors (Lipinski definition) is 2. The molecule has 0 saturated carbocycles. The number of hydrogen-bond acceptors (Lipinski definition) is 5. The van der Waals surface area contributed by atoms with Crippen molar-refractivity contribution in [3.05, 3.63) is 41.2 Å². The van der Waals surface area contributed by atoms with E-state index in [4.69, 9.17) is 4.52 Å². The highest BCUT2D eigenvalue weighted by molar-refractivity contribution is 8.01. The summed E-state index contributed by atoms with van der Waals surface area (Å²) in [5.41, 5.74) is 2.89. The van der Waals surface area contributed by atoms with E-state index in [9.17, 15) is 9.59 Å². The van der Waals surface area contributed by atoms with E-state index in [2.05, 4.69) is 15.8 Å². The number of aromatic nitrogens is 1. The fraction of sp³-hybridized carbons (Fsp3) is 0.353. The van der Waals surface area contributed by atoms with Crippen LogP contribution in [0, 0.1) is 20.8 Å². The second-order valence-electron chi connectivity index (χ2n) is 5.63. The first-order chi connectivity index (χ1) is 11.3. The molecule has 2 N–H and O–H groups in total. The normalized spacial score (nSPS) is 11.8. The van der Waals surface area contributed by atoms with Crippen molar-refractivity contribution in [1.29, 1.82) is 0 Å². The standard InChI is InChI=1S/C17H21N3O3S/c1-10-5-6-11(2)14(7-10)18-16(21)9-24-13(4)17(22)19-15-8-12(3)23-20-15/h5-8,13H,9H2,1-4H3,(H,18,21)(H,19,20,22)/t13-/m1/s1. The Balaban J connectivity index is 1.82. The summed E-state index contributed by atoms with van der Waals surface area (Å²) in [6.07, 6.45) is 0. The number of nitrogens with zero attached hydrogens (tertiary/aromatic N) is 1. The van der Waals surface area contributed by atoms with E-state index in [0.717, 1.165) is 16.8 Å². The number of aryl methyl sites for hydroxylation is 3. The summed E-state index contributed by atoms with van der Waals surface area (Å²) < 4.78 is 4.89. The molecule has 0 unspecified atom stereocenters. The van der Waals surface area contributed by atoms with Gasteiger partial charge in [0.2, 0.25) is 11.8 Å². The third kappa shape index (κ3) is 5.13. The Morgan fingerprint density at radius 3 is 2.62 bits per heavy atom. The van der Waals surface area contributed by atoms with Gasteiger partial charge in [0.1, 0.15) is 5.76 Å². The first-order valence-corrected chi connectivity index (χ1v) is 8.63. The smallest absolute Gasteiger partial charge is 0.238 e. The van der Waals surface area contributed by atoms with E-state index in [1.165, 1.54) is 11.8 Å². The van der Waals surface area contributed by atoms with Crippen molar-refractivity contribution in [3.8, 4) is 0 Å². The lowest BCUT2D eigenvalue weighted by Gasteiger charge is -2.12. The Morgan fingerprint density at radius 1 is 1.21 bits per heavy atom. The monoisotopic (exact) mass is 347 g/mol. The van der Waals surface area contributed by atoms with Crippen LogP contribution in [0.25, 0.3) is 0 Å². The third-order valence-electron chi connectivity index (χ3n) is 3.38. The van der Waals surface area contributed by atoms with Crippen LogP contribution in [0.5, 0.6) is 0 Å². The van der Waals surface area contributed by atoms with Gasteiger partial charge in [0.15, 0.2) is 5.82 Å². The average molecular weight is 347 g/mol. The van der Waals surface area contributed by atoms with Gasteiger partial charge in [0.05, 0.1) is 11.0 Å². The number of carbonyl (C=O) groups is 2. The highest BCUT2D eigenvalue weighted by Gasteiger charge is 2.17. The molecule has 2 aromatic rings. The summed E-state index contributed by atoms with van der Waals surface area (Å²) in [6.45, 7) is 7.41. The predicted octanol–water partition coefficient (Wildman–Crippen LogP) is 3.30. The van der Waals surface area contributed by atoms with Gasteiger partial charge in [-0.1, -0.05) is 17.3 Å². The summed E-state index contributed by atoms with van der Waals surface area (Å²) in [7, 11) is 0. The maximum absolute atomic E-state index is 12.1. The Bertz CT molecular complexity index is 742. The highest BCUT2D eigenvalue weighted by atomic mass is 32.2. The lowest BCUT2D eigenvalue weighted by Crippen LogP contribution is -2.25. The van der Waals surface area contributed by atoms with Crippen LogP contribution in [0.15, 0.2) is 28.8 Å².